The second-order valence-corrected chi connectivity index (χ2v) is 4.53. The lowest BCUT2D eigenvalue weighted by Gasteiger charge is -2.14. The van der Waals surface area contributed by atoms with E-state index in [0.717, 1.165) is 5.56 Å². The maximum atomic E-state index is 12.0. The van der Waals surface area contributed by atoms with Crippen LogP contribution in [-0.4, -0.2) is 37.1 Å². The van der Waals surface area contributed by atoms with Gasteiger partial charge in [-0.15, -0.1) is 0 Å². The number of hydrogen-bond donors (Lipinski definition) is 1. The summed E-state index contributed by atoms with van der Waals surface area (Å²) in [6.07, 6.45) is 1.87. The second kappa shape index (κ2) is 5.52. The summed E-state index contributed by atoms with van der Waals surface area (Å²) in [4.78, 5) is 13.1. The van der Waals surface area contributed by atoms with Crippen molar-refractivity contribution in [1.82, 2.24) is 4.90 Å². The zero-order valence-electron chi connectivity index (χ0n) is 10.4. The predicted molar refractivity (Wildman–Crippen MR) is 65.7 cm³/mol. The summed E-state index contributed by atoms with van der Waals surface area (Å²) < 4.78 is 28.3. The number of benzene rings is 1. The number of ether oxygens (including phenoxy) is 1. The standard InChI is InChI=1S/C13H15F2N2O2/c1-17-7-9(6-11(17)12(16)18)8-2-4-10(5-3-8)19-13(14)15/h2-6,9,11,13H,7H2,1H3,(H2,16,18)/t9-,11?/m0/s1. The molecular weight excluding hydrogens is 254 g/mol. The molecule has 103 valence electrons. The highest BCUT2D eigenvalue weighted by Gasteiger charge is 2.34. The van der Waals surface area contributed by atoms with Gasteiger partial charge >= 0.3 is 6.61 Å². The molecule has 1 amide bonds. The van der Waals surface area contributed by atoms with E-state index in [4.69, 9.17) is 5.73 Å². The number of likely N-dealkylation sites (N-methyl/N-ethyl adjacent to an activating group) is 1. The molecular formula is C13H15F2N2O2. The SMILES string of the molecule is CN1C[C@@H](c2ccc(OC(F)F)cc2)[CH]C1C(N)=O. The van der Waals surface area contributed by atoms with Gasteiger partial charge in [0.1, 0.15) is 5.75 Å². The Morgan fingerprint density at radius 2 is 2.05 bits per heavy atom. The first-order valence-electron chi connectivity index (χ1n) is 5.86. The smallest absolute Gasteiger partial charge is 0.387 e. The fourth-order valence-electron chi connectivity index (χ4n) is 2.28. The van der Waals surface area contributed by atoms with Gasteiger partial charge in [-0.1, -0.05) is 12.1 Å². The summed E-state index contributed by atoms with van der Waals surface area (Å²) in [5.74, 6) is -0.206. The molecule has 0 spiro atoms. The van der Waals surface area contributed by atoms with Gasteiger partial charge in [-0.2, -0.15) is 8.78 Å². The van der Waals surface area contributed by atoms with Crippen LogP contribution >= 0.6 is 0 Å². The number of alkyl halides is 2. The van der Waals surface area contributed by atoms with Crippen LogP contribution in [0.25, 0.3) is 0 Å². The van der Waals surface area contributed by atoms with Gasteiger partial charge in [0.2, 0.25) is 5.91 Å². The molecule has 0 aliphatic carbocycles. The van der Waals surface area contributed by atoms with Gasteiger partial charge in [0, 0.05) is 12.5 Å². The van der Waals surface area contributed by atoms with Crippen LogP contribution in [0, 0.1) is 6.42 Å². The molecule has 19 heavy (non-hydrogen) atoms. The summed E-state index contributed by atoms with van der Waals surface area (Å²) >= 11 is 0. The minimum absolute atomic E-state index is 0.0584. The summed E-state index contributed by atoms with van der Waals surface area (Å²) in [7, 11) is 1.82. The van der Waals surface area contributed by atoms with Crippen molar-refractivity contribution in [2.24, 2.45) is 5.73 Å². The number of primary amides is 1. The molecule has 1 aromatic rings. The highest BCUT2D eigenvalue weighted by Crippen LogP contribution is 2.30. The molecule has 1 fully saturated rings. The maximum Gasteiger partial charge on any atom is 0.387 e. The molecule has 0 bridgehead atoms. The van der Waals surface area contributed by atoms with Gasteiger partial charge in [0.25, 0.3) is 0 Å². The van der Waals surface area contributed by atoms with Crippen LogP contribution in [0.5, 0.6) is 5.75 Å². The van der Waals surface area contributed by atoms with E-state index in [-0.39, 0.29) is 23.6 Å². The van der Waals surface area contributed by atoms with E-state index in [1.165, 1.54) is 12.1 Å². The van der Waals surface area contributed by atoms with Crippen molar-refractivity contribution in [3.63, 3.8) is 0 Å². The molecule has 1 aromatic carbocycles. The maximum absolute atomic E-state index is 12.0. The Hall–Kier alpha value is -1.69. The zero-order chi connectivity index (χ0) is 14.0. The molecule has 1 aliphatic rings. The van der Waals surface area contributed by atoms with Crippen LogP contribution in [0.1, 0.15) is 11.5 Å². The van der Waals surface area contributed by atoms with E-state index in [9.17, 15) is 13.6 Å². The monoisotopic (exact) mass is 269 g/mol. The number of likely N-dealkylation sites (tertiary alicyclic amines) is 1. The Kier molecular flexibility index (Phi) is 3.99. The van der Waals surface area contributed by atoms with Crippen molar-refractivity contribution in [1.29, 1.82) is 0 Å². The second-order valence-electron chi connectivity index (χ2n) is 4.53. The normalized spacial score (nSPS) is 23.8. The van der Waals surface area contributed by atoms with E-state index in [0.29, 0.717) is 6.54 Å². The molecule has 2 N–H and O–H groups in total. The number of carbonyl (C=O) groups excluding carboxylic acids is 1. The fourth-order valence-corrected chi connectivity index (χ4v) is 2.28. The number of nitrogens with zero attached hydrogens (tertiary/aromatic N) is 1. The Morgan fingerprint density at radius 3 is 2.53 bits per heavy atom. The molecule has 0 aromatic heterocycles. The van der Waals surface area contributed by atoms with E-state index in [1.807, 2.05) is 18.4 Å². The average Bonchev–Trinajstić information content (AvgIpc) is 2.71. The van der Waals surface area contributed by atoms with Crippen LogP contribution in [0.2, 0.25) is 0 Å². The summed E-state index contributed by atoms with van der Waals surface area (Å²) in [5.41, 5.74) is 6.23. The van der Waals surface area contributed by atoms with Crippen LogP contribution in [-0.2, 0) is 4.79 Å². The van der Waals surface area contributed by atoms with Crippen molar-refractivity contribution in [3.05, 3.63) is 36.2 Å². The minimum Gasteiger partial charge on any atom is -0.435 e. The summed E-state index contributed by atoms with van der Waals surface area (Å²) in [5, 5.41) is 0. The van der Waals surface area contributed by atoms with Gasteiger partial charge in [-0.05, 0) is 31.2 Å². The third-order valence-corrected chi connectivity index (χ3v) is 3.20. The topological polar surface area (TPSA) is 55.6 Å². The Labute approximate surface area is 110 Å². The number of carbonyl (C=O) groups is 1. The molecule has 1 saturated heterocycles. The molecule has 2 atom stereocenters. The van der Waals surface area contributed by atoms with Crippen LogP contribution in [0.3, 0.4) is 0 Å². The predicted octanol–water partition coefficient (Wildman–Crippen LogP) is 1.38. The fraction of sp³-hybridized carbons (Fsp3) is 0.385. The molecule has 4 nitrogen and oxygen atoms in total. The van der Waals surface area contributed by atoms with Gasteiger partial charge in [0.05, 0.1) is 6.04 Å². The van der Waals surface area contributed by atoms with Crippen LogP contribution in [0.15, 0.2) is 24.3 Å². The minimum atomic E-state index is -2.82. The first-order chi connectivity index (χ1) is 8.97. The molecule has 2 rings (SSSR count). The number of rotatable bonds is 4. The third kappa shape index (κ3) is 3.20. The average molecular weight is 269 g/mol. The van der Waals surface area contributed by atoms with Gasteiger partial charge in [0.15, 0.2) is 0 Å². The lowest BCUT2D eigenvalue weighted by atomic mass is 9.96. The first kappa shape index (κ1) is 13.7. The van der Waals surface area contributed by atoms with Gasteiger partial charge < -0.3 is 10.5 Å². The summed E-state index contributed by atoms with van der Waals surface area (Å²) in [6.45, 7) is -2.16. The van der Waals surface area contributed by atoms with E-state index < -0.39 is 6.61 Å². The quantitative estimate of drug-likeness (QED) is 0.898. The van der Waals surface area contributed by atoms with Crippen molar-refractivity contribution in [3.8, 4) is 5.75 Å². The van der Waals surface area contributed by atoms with Crippen molar-refractivity contribution in [2.45, 2.75) is 18.6 Å². The molecule has 1 aliphatic heterocycles. The Morgan fingerprint density at radius 1 is 1.42 bits per heavy atom. The molecule has 1 radical (unpaired) electrons. The molecule has 0 saturated carbocycles. The van der Waals surface area contributed by atoms with E-state index in [1.54, 1.807) is 12.1 Å². The van der Waals surface area contributed by atoms with Gasteiger partial charge in [-0.25, -0.2) is 0 Å². The highest BCUT2D eigenvalue weighted by molar-refractivity contribution is 5.82. The molecule has 6 heteroatoms. The van der Waals surface area contributed by atoms with E-state index >= 15 is 0 Å². The molecule has 1 unspecified atom stereocenters. The number of hydrogen-bond acceptors (Lipinski definition) is 3. The third-order valence-electron chi connectivity index (χ3n) is 3.20. The number of nitrogens with two attached hydrogens (primary N) is 1. The van der Waals surface area contributed by atoms with Crippen LogP contribution < -0.4 is 10.5 Å². The first-order valence-corrected chi connectivity index (χ1v) is 5.86. The van der Waals surface area contributed by atoms with E-state index in [2.05, 4.69) is 4.74 Å². The van der Waals surface area contributed by atoms with Gasteiger partial charge in [-0.3, -0.25) is 9.69 Å². The Bertz CT molecular complexity index is 450. The Balaban J connectivity index is 2.05. The largest absolute Gasteiger partial charge is 0.435 e. The number of halogens is 2. The van der Waals surface area contributed by atoms with Crippen molar-refractivity contribution < 1.29 is 18.3 Å². The highest BCUT2D eigenvalue weighted by atomic mass is 19.3. The summed E-state index contributed by atoms with van der Waals surface area (Å²) in [6, 6.07) is 6.04. The van der Waals surface area contributed by atoms with Crippen LogP contribution in [0.4, 0.5) is 8.78 Å². The lowest BCUT2D eigenvalue weighted by Crippen LogP contribution is -2.37. The zero-order valence-corrected chi connectivity index (χ0v) is 10.4. The molecule has 1 heterocycles. The number of amides is 1. The van der Waals surface area contributed by atoms with Crippen molar-refractivity contribution >= 4 is 5.91 Å². The van der Waals surface area contributed by atoms with Crippen molar-refractivity contribution in [2.75, 3.05) is 13.6 Å². The lowest BCUT2D eigenvalue weighted by molar-refractivity contribution is -0.121.